The van der Waals surface area contributed by atoms with E-state index in [1.165, 1.54) is 0 Å². The lowest BCUT2D eigenvalue weighted by molar-refractivity contribution is -0.151. The lowest BCUT2D eigenvalue weighted by Crippen LogP contribution is -2.41. The van der Waals surface area contributed by atoms with Gasteiger partial charge in [-0.15, -0.1) is 0 Å². The summed E-state index contributed by atoms with van der Waals surface area (Å²) in [5, 5.41) is 9.18. The third-order valence-electron chi connectivity index (χ3n) is 4.14. The number of rotatable bonds is 2. The summed E-state index contributed by atoms with van der Waals surface area (Å²) in [5.41, 5.74) is 0. The molecule has 4 heteroatoms. The van der Waals surface area contributed by atoms with E-state index in [2.05, 4.69) is 6.92 Å². The fourth-order valence-electron chi connectivity index (χ4n) is 3.09. The Bertz CT molecular complexity index is 316. The zero-order valence-electron chi connectivity index (χ0n) is 10.4. The van der Waals surface area contributed by atoms with E-state index < -0.39 is 11.9 Å². The standard InChI is InChI=1S/C13H21NO3/c1-9-6-7-14(8-9)12(15)10-4-2-3-5-11(10)13(16)17/h9-11H,2-8H2,1H3,(H,16,17). The quantitative estimate of drug-likeness (QED) is 0.798. The molecule has 0 spiro atoms. The number of carboxylic acid groups (broad SMARTS) is 1. The van der Waals surface area contributed by atoms with Gasteiger partial charge >= 0.3 is 5.97 Å². The average molecular weight is 239 g/mol. The molecule has 1 N–H and O–H groups in total. The number of carbonyl (C=O) groups is 2. The van der Waals surface area contributed by atoms with Gasteiger partial charge in [-0.2, -0.15) is 0 Å². The summed E-state index contributed by atoms with van der Waals surface area (Å²) in [7, 11) is 0. The molecular weight excluding hydrogens is 218 g/mol. The van der Waals surface area contributed by atoms with Crippen molar-refractivity contribution in [3.63, 3.8) is 0 Å². The van der Waals surface area contributed by atoms with Gasteiger partial charge in [-0.3, -0.25) is 9.59 Å². The first-order valence-electron chi connectivity index (χ1n) is 6.61. The van der Waals surface area contributed by atoms with Crippen molar-refractivity contribution in [1.82, 2.24) is 4.90 Å². The second-order valence-electron chi connectivity index (χ2n) is 5.51. The summed E-state index contributed by atoms with van der Waals surface area (Å²) < 4.78 is 0. The highest BCUT2D eigenvalue weighted by Crippen LogP contribution is 2.33. The van der Waals surface area contributed by atoms with Crippen molar-refractivity contribution in [2.24, 2.45) is 17.8 Å². The van der Waals surface area contributed by atoms with Crippen molar-refractivity contribution < 1.29 is 14.7 Å². The van der Waals surface area contributed by atoms with Crippen LogP contribution in [0, 0.1) is 17.8 Å². The summed E-state index contributed by atoms with van der Waals surface area (Å²) in [6.45, 7) is 3.76. The summed E-state index contributed by atoms with van der Waals surface area (Å²) >= 11 is 0. The van der Waals surface area contributed by atoms with Crippen LogP contribution >= 0.6 is 0 Å². The highest BCUT2D eigenvalue weighted by molar-refractivity contribution is 5.85. The maximum absolute atomic E-state index is 12.3. The zero-order chi connectivity index (χ0) is 12.4. The Morgan fingerprint density at radius 2 is 1.76 bits per heavy atom. The van der Waals surface area contributed by atoms with Crippen LogP contribution in [0.5, 0.6) is 0 Å². The summed E-state index contributed by atoms with van der Waals surface area (Å²) in [5.74, 6) is -0.874. The largest absolute Gasteiger partial charge is 0.481 e. The lowest BCUT2D eigenvalue weighted by Gasteiger charge is -2.30. The Kier molecular flexibility index (Phi) is 3.69. The van der Waals surface area contributed by atoms with Crippen LogP contribution in [-0.4, -0.2) is 35.0 Å². The Labute approximate surface area is 102 Å². The number of amides is 1. The van der Waals surface area contributed by atoms with Crippen LogP contribution in [0.4, 0.5) is 0 Å². The zero-order valence-corrected chi connectivity index (χ0v) is 10.4. The van der Waals surface area contributed by atoms with Gasteiger partial charge < -0.3 is 10.0 Å². The fourth-order valence-corrected chi connectivity index (χ4v) is 3.09. The number of carboxylic acids is 1. The number of aliphatic carboxylic acids is 1. The van der Waals surface area contributed by atoms with E-state index in [1.54, 1.807) is 0 Å². The van der Waals surface area contributed by atoms with Crippen LogP contribution in [-0.2, 0) is 9.59 Å². The van der Waals surface area contributed by atoms with E-state index in [0.717, 1.165) is 38.8 Å². The molecule has 1 aliphatic carbocycles. The molecule has 1 amide bonds. The second kappa shape index (κ2) is 5.07. The topological polar surface area (TPSA) is 57.6 Å². The van der Waals surface area contributed by atoms with Gasteiger partial charge in [-0.25, -0.2) is 0 Å². The third kappa shape index (κ3) is 2.61. The van der Waals surface area contributed by atoms with Gasteiger partial charge in [0.2, 0.25) is 5.91 Å². The second-order valence-corrected chi connectivity index (χ2v) is 5.51. The van der Waals surface area contributed by atoms with Crippen molar-refractivity contribution >= 4 is 11.9 Å². The van der Waals surface area contributed by atoms with Gasteiger partial charge in [0, 0.05) is 13.1 Å². The van der Waals surface area contributed by atoms with E-state index in [0.29, 0.717) is 12.3 Å². The predicted octanol–water partition coefficient (Wildman–Crippen LogP) is 1.75. The van der Waals surface area contributed by atoms with E-state index in [4.69, 9.17) is 0 Å². The average Bonchev–Trinajstić information content (AvgIpc) is 2.75. The molecule has 1 saturated heterocycles. The molecule has 2 rings (SSSR count). The molecule has 3 unspecified atom stereocenters. The minimum atomic E-state index is -0.796. The first-order chi connectivity index (χ1) is 8.09. The molecule has 1 heterocycles. The van der Waals surface area contributed by atoms with Crippen molar-refractivity contribution in [1.29, 1.82) is 0 Å². The SMILES string of the molecule is CC1CCN(C(=O)C2CCCCC2C(=O)O)C1. The number of likely N-dealkylation sites (tertiary alicyclic amines) is 1. The van der Waals surface area contributed by atoms with Crippen molar-refractivity contribution in [3.8, 4) is 0 Å². The predicted molar refractivity (Wildman–Crippen MR) is 63.4 cm³/mol. The van der Waals surface area contributed by atoms with Crippen LogP contribution < -0.4 is 0 Å². The van der Waals surface area contributed by atoms with Crippen molar-refractivity contribution in [2.75, 3.05) is 13.1 Å². The molecular formula is C13H21NO3. The van der Waals surface area contributed by atoms with Crippen LogP contribution in [0.15, 0.2) is 0 Å². The number of nitrogens with zero attached hydrogens (tertiary/aromatic N) is 1. The van der Waals surface area contributed by atoms with E-state index in [9.17, 15) is 14.7 Å². The molecule has 4 nitrogen and oxygen atoms in total. The molecule has 0 aromatic carbocycles. The van der Waals surface area contributed by atoms with Gasteiger partial charge in [-0.1, -0.05) is 19.8 Å². The summed E-state index contributed by atoms with van der Waals surface area (Å²) in [6.07, 6.45) is 4.40. The molecule has 1 aliphatic heterocycles. The summed E-state index contributed by atoms with van der Waals surface area (Å²) in [4.78, 5) is 25.4. The normalized spacial score (nSPS) is 33.7. The van der Waals surface area contributed by atoms with Gasteiger partial charge in [0.05, 0.1) is 11.8 Å². The first-order valence-corrected chi connectivity index (χ1v) is 6.61. The van der Waals surface area contributed by atoms with E-state index >= 15 is 0 Å². The first kappa shape index (κ1) is 12.4. The highest BCUT2D eigenvalue weighted by atomic mass is 16.4. The number of hydrogen-bond donors (Lipinski definition) is 1. The van der Waals surface area contributed by atoms with E-state index in [1.807, 2.05) is 4.90 Å². The summed E-state index contributed by atoms with van der Waals surface area (Å²) in [6, 6.07) is 0. The third-order valence-corrected chi connectivity index (χ3v) is 4.14. The molecule has 2 fully saturated rings. The van der Waals surface area contributed by atoms with Crippen LogP contribution in [0.1, 0.15) is 39.0 Å². The smallest absolute Gasteiger partial charge is 0.307 e. The highest BCUT2D eigenvalue weighted by Gasteiger charge is 2.39. The Hall–Kier alpha value is -1.06. The monoisotopic (exact) mass is 239 g/mol. The Morgan fingerprint density at radius 3 is 2.29 bits per heavy atom. The molecule has 0 radical (unpaired) electrons. The molecule has 2 aliphatic rings. The molecule has 1 saturated carbocycles. The van der Waals surface area contributed by atoms with Crippen molar-refractivity contribution in [3.05, 3.63) is 0 Å². The Morgan fingerprint density at radius 1 is 1.12 bits per heavy atom. The molecule has 3 atom stereocenters. The van der Waals surface area contributed by atoms with Gasteiger partial charge in [0.1, 0.15) is 0 Å². The van der Waals surface area contributed by atoms with E-state index in [-0.39, 0.29) is 11.8 Å². The molecule has 0 aromatic rings. The molecule has 17 heavy (non-hydrogen) atoms. The van der Waals surface area contributed by atoms with Gasteiger partial charge in [0.25, 0.3) is 0 Å². The molecule has 0 bridgehead atoms. The number of hydrogen-bond acceptors (Lipinski definition) is 2. The lowest BCUT2D eigenvalue weighted by atomic mass is 9.78. The Balaban J connectivity index is 2.03. The van der Waals surface area contributed by atoms with Gasteiger partial charge in [0.15, 0.2) is 0 Å². The van der Waals surface area contributed by atoms with Crippen LogP contribution in [0.2, 0.25) is 0 Å². The maximum Gasteiger partial charge on any atom is 0.307 e. The van der Waals surface area contributed by atoms with Crippen LogP contribution in [0.25, 0.3) is 0 Å². The minimum Gasteiger partial charge on any atom is -0.481 e. The minimum absolute atomic E-state index is 0.0847. The number of carbonyl (C=O) groups excluding carboxylic acids is 1. The fraction of sp³-hybridized carbons (Fsp3) is 0.846. The van der Waals surface area contributed by atoms with Gasteiger partial charge in [-0.05, 0) is 25.2 Å². The van der Waals surface area contributed by atoms with Crippen LogP contribution in [0.3, 0.4) is 0 Å². The van der Waals surface area contributed by atoms with Crippen molar-refractivity contribution in [2.45, 2.75) is 39.0 Å². The molecule has 96 valence electrons. The maximum atomic E-state index is 12.3. The molecule has 0 aromatic heterocycles.